The first kappa shape index (κ1) is 74.6. The molecule has 0 bridgehead atoms. The fraction of sp³-hybridized carbons (Fsp3) is 0.434. The number of primary sulfonamides is 1. The summed E-state index contributed by atoms with van der Waals surface area (Å²) in [5.74, 6) is -5.67. The van der Waals surface area contributed by atoms with Gasteiger partial charge in [-0.15, -0.1) is 22.8 Å². The fourth-order valence-corrected chi connectivity index (χ4v) is 13.0. The van der Waals surface area contributed by atoms with E-state index in [1.807, 2.05) is 46.8 Å². The molecule has 38 heteroatoms. The molecule has 2 aromatic heterocycles. The molecule has 498 valence electrons. The Morgan fingerprint density at radius 1 is 0.725 bits per heavy atom. The molecule has 0 fully saturated rings. The van der Waals surface area contributed by atoms with Gasteiger partial charge in [-0.05, 0) is 87.4 Å². The summed E-state index contributed by atoms with van der Waals surface area (Å²) in [4.78, 5) is 63.0. The maximum absolute atomic E-state index is 14.1. The van der Waals surface area contributed by atoms with E-state index in [0.29, 0.717) is 51.7 Å². The van der Waals surface area contributed by atoms with Crippen LogP contribution in [-0.2, 0) is 76.7 Å². The molecule has 0 saturated carbocycles. The molecule has 4 aromatic rings. The minimum atomic E-state index is -4.63. The molecule has 2 aromatic carbocycles. The molecule has 0 aliphatic carbocycles. The van der Waals surface area contributed by atoms with Crippen molar-refractivity contribution in [3.8, 4) is 0 Å². The van der Waals surface area contributed by atoms with Gasteiger partial charge in [-0.2, -0.15) is 38.2 Å². The molecule has 4 heterocycles. The normalized spacial score (nSPS) is 15.2. The highest BCUT2D eigenvalue weighted by atomic mass is 32.3. The molecular formula is C53H69N10O21S7+. The number of hydrogen-bond acceptors (Lipinski definition) is 22. The number of rotatable bonds is 29. The van der Waals surface area contributed by atoms with Gasteiger partial charge in [0.15, 0.2) is 5.71 Å². The minimum Gasteiger partial charge on any atom is -0.351 e. The number of amides is 4. The molecule has 91 heavy (non-hydrogen) atoms. The van der Waals surface area contributed by atoms with E-state index in [-0.39, 0.29) is 55.3 Å². The highest BCUT2D eigenvalue weighted by Crippen LogP contribution is 2.49. The standard InChI is InChI=1S/C53H68N10O18S6.O3S/c1-7-9-23-62-42-17-12-36(48(66)60(8-2)25-29-84(71,72)73)32-39(42)52(3,4)44(62)19-14-35(41-16-11-38(34-56-41)47(65)55-22-21-46(64)57-50-58-59-51(82-50)87(54,80)81)15-20-45-53(5,6)40-33-37(13-18-43(40)63(45)24-10-28-83(68,69)70)49(67)61(26-30-85(74,75)76)27-31-86(77,78)79;1-4(2)3/h11-20,32-34H,7-10,21-31H2,1-6H3,(H7-,54,55,57,58,64,65,68,69,70,71,72,73,74,75,76,77,78,79,80,81);/p+1. The first-order valence-electron chi connectivity index (χ1n) is 27.5. The lowest BCUT2D eigenvalue weighted by Gasteiger charge is -2.27. The number of fused-ring (bicyclic) bond motifs is 2. The van der Waals surface area contributed by atoms with E-state index in [1.54, 1.807) is 54.0 Å². The molecule has 0 atom stereocenters. The van der Waals surface area contributed by atoms with Gasteiger partial charge < -0.3 is 25.3 Å². The van der Waals surface area contributed by atoms with Crippen molar-refractivity contribution >= 4 is 124 Å². The number of unbranched alkanes of at least 4 members (excludes halogenated alkanes) is 1. The van der Waals surface area contributed by atoms with E-state index < -0.39 is 136 Å². The van der Waals surface area contributed by atoms with Crippen LogP contribution in [0.5, 0.6) is 0 Å². The summed E-state index contributed by atoms with van der Waals surface area (Å²) < 4.78 is 182. The number of allylic oxidation sites excluding steroid dienone is 6. The highest BCUT2D eigenvalue weighted by Gasteiger charge is 2.45. The summed E-state index contributed by atoms with van der Waals surface area (Å²) in [6.45, 7) is 10.4. The Balaban J connectivity index is 0.00000365. The summed E-state index contributed by atoms with van der Waals surface area (Å²) in [7, 11) is -25.3. The van der Waals surface area contributed by atoms with Crippen molar-refractivity contribution in [3.63, 3.8) is 0 Å². The first-order valence-corrected chi connectivity index (χ1v) is 37.3. The second-order valence-electron chi connectivity index (χ2n) is 21.5. The van der Waals surface area contributed by atoms with E-state index in [4.69, 9.17) is 17.8 Å². The van der Waals surface area contributed by atoms with Gasteiger partial charge in [-0.25, -0.2) is 13.6 Å². The van der Waals surface area contributed by atoms with Crippen molar-refractivity contribution in [3.05, 3.63) is 118 Å². The van der Waals surface area contributed by atoms with Gasteiger partial charge in [0.05, 0.1) is 39.7 Å². The van der Waals surface area contributed by atoms with Gasteiger partial charge in [0, 0.05) is 110 Å². The lowest BCUT2D eigenvalue weighted by atomic mass is 9.80. The van der Waals surface area contributed by atoms with Gasteiger partial charge in [0.2, 0.25) is 21.1 Å². The van der Waals surface area contributed by atoms with E-state index >= 15 is 0 Å². The number of nitrogens with two attached hydrogens (primary N) is 1. The van der Waals surface area contributed by atoms with Gasteiger partial charge in [0.1, 0.15) is 6.54 Å². The number of carbonyl (C=O) groups is 4. The van der Waals surface area contributed by atoms with E-state index in [1.165, 1.54) is 29.3 Å². The number of pyridine rings is 1. The van der Waals surface area contributed by atoms with Crippen molar-refractivity contribution in [1.82, 2.24) is 30.3 Å². The van der Waals surface area contributed by atoms with Crippen LogP contribution in [0.15, 0.2) is 89.1 Å². The van der Waals surface area contributed by atoms with Crippen molar-refractivity contribution in [2.24, 2.45) is 5.14 Å². The Bertz CT molecular complexity index is 4240. The third kappa shape index (κ3) is 21.5. The number of aromatic nitrogens is 3. The van der Waals surface area contributed by atoms with Crippen LogP contribution in [0.2, 0.25) is 0 Å². The number of nitrogens with one attached hydrogen (secondary N) is 2. The third-order valence-electron chi connectivity index (χ3n) is 14.3. The van der Waals surface area contributed by atoms with Crippen LogP contribution in [-0.4, -0.2) is 201 Å². The monoisotopic (exact) mass is 1410 g/mol. The van der Waals surface area contributed by atoms with Gasteiger partial charge in [-0.3, -0.25) is 42.4 Å². The predicted molar refractivity (Wildman–Crippen MR) is 335 cm³/mol. The lowest BCUT2D eigenvalue weighted by molar-refractivity contribution is -0.437. The van der Waals surface area contributed by atoms with E-state index in [9.17, 15) is 79.5 Å². The molecule has 31 nitrogen and oxygen atoms in total. The Morgan fingerprint density at radius 3 is 1.80 bits per heavy atom. The van der Waals surface area contributed by atoms with Crippen LogP contribution in [0.3, 0.4) is 0 Å². The summed E-state index contributed by atoms with van der Waals surface area (Å²) in [5, 5.41) is 17.0. The largest absolute Gasteiger partial charge is 0.425 e. The second-order valence-corrected chi connectivity index (χ2v) is 31.0. The third-order valence-corrected chi connectivity index (χ3v) is 19.4. The van der Waals surface area contributed by atoms with E-state index in [2.05, 4.69) is 30.7 Å². The molecule has 2 aliphatic heterocycles. The first-order chi connectivity index (χ1) is 42.1. The maximum atomic E-state index is 14.1. The SMILES string of the molecule is CCCCN1C(=CC=C(C=CC2=[N+](CCCS(=O)(=O)O)c3ccc(C(=O)N(CCS(=O)(=O)O)CCS(=O)(=O)O)cc3C2(C)C)c2ccc(C(=O)NCCC(=O)Nc3nnc(S(N)(=O)=O)s3)cn2)C(C)(C)c2cc(C(=O)N(CC)CCS(=O)(=O)O)ccc21.O=S(=O)=O. The van der Waals surface area contributed by atoms with Crippen LogP contribution in [0, 0.1) is 0 Å². The zero-order chi connectivity index (χ0) is 68.2. The van der Waals surface area contributed by atoms with Crippen LogP contribution in [0.4, 0.5) is 16.5 Å². The molecular weight excluding hydrogens is 1340 g/mol. The Morgan fingerprint density at radius 2 is 1.27 bits per heavy atom. The van der Waals surface area contributed by atoms with Gasteiger partial charge in [-0.1, -0.05) is 44.6 Å². The Labute approximate surface area is 532 Å². The molecule has 0 saturated heterocycles. The molecule has 0 spiro atoms. The Hall–Kier alpha value is -7.11. The molecule has 0 radical (unpaired) electrons. The molecule has 0 unspecified atom stereocenters. The second kappa shape index (κ2) is 30.5. The number of anilines is 2. The zero-order valence-corrected chi connectivity index (χ0v) is 55.6. The van der Waals surface area contributed by atoms with Crippen LogP contribution in [0.25, 0.3) is 5.57 Å². The predicted octanol–water partition coefficient (Wildman–Crippen LogP) is 2.68. The van der Waals surface area contributed by atoms with Crippen molar-refractivity contribution in [1.29, 1.82) is 0 Å². The smallest absolute Gasteiger partial charge is 0.351 e. The number of hydrogen-bond donors (Lipinski definition) is 7. The number of carbonyl (C=O) groups excluding carboxylic acids is 4. The van der Waals surface area contributed by atoms with Crippen LogP contribution in [0.1, 0.15) is 115 Å². The molecule has 8 N–H and O–H groups in total. The quantitative estimate of drug-likeness (QED) is 0.0178. The summed E-state index contributed by atoms with van der Waals surface area (Å²) in [5.41, 5.74) is 3.24. The molecule has 2 aliphatic rings. The summed E-state index contributed by atoms with van der Waals surface area (Å²) >= 11 is 0.545. The maximum Gasteiger partial charge on any atom is 0.425 e. The number of sulfonamides is 1. The van der Waals surface area contributed by atoms with Crippen LogP contribution < -0.4 is 20.7 Å². The summed E-state index contributed by atoms with van der Waals surface area (Å²) in [6.07, 6.45) is 9.72. The highest BCUT2D eigenvalue weighted by molar-refractivity contribution is 7.91. The average molecular weight is 1410 g/mol. The molecule has 6 rings (SSSR count). The van der Waals surface area contributed by atoms with Crippen molar-refractivity contribution in [2.75, 3.05) is 79.0 Å². The van der Waals surface area contributed by atoms with Crippen LogP contribution >= 0.6 is 11.3 Å². The molecule has 4 amide bonds. The van der Waals surface area contributed by atoms with Gasteiger partial charge in [0.25, 0.3) is 68.2 Å². The topological polar surface area (TPSA) is 473 Å². The minimum absolute atomic E-state index is 0.00635. The van der Waals surface area contributed by atoms with E-state index in [0.717, 1.165) is 34.7 Å². The van der Waals surface area contributed by atoms with Crippen molar-refractivity contribution in [2.45, 2.75) is 82.4 Å². The zero-order valence-electron chi connectivity index (χ0n) is 49.9. The number of benzene rings is 2. The van der Waals surface area contributed by atoms with Gasteiger partial charge >= 0.3 is 10.6 Å². The average Bonchev–Trinajstić information content (AvgIpc) is 1.60. The Kier molecular flexibility index (Phi) is 25.0. The van der Waals surface area contributed by atoms with Crippen molar-refractivity contribution < 1.29 is 96.7 Å². The lowest BCUT2D eigenvalue weighted by Crippen LogP contribution is -2.38. The fourth-order valence-electron chi connectivity index (χ4n) is 9.79. The summed E-state index contributed by atoms with van der Waals surface area (Å²) in [6, 6.07) is 12.8. The number of nitrogens with zero attached hydrogens (tertiary/aromatic N) is 7.